The van der Waals surface area contributed by atoms with Crippen LogP contribution in [-0.2, 0) is 20.7 Å². The molecule has 0 atom stereocenters. The fraction of sp³-hybridized carbons (Fsp3) is 0.308. The van der Waals surface area contributed by atoms with Crippen LogP contribution >= 0.6 is 0 Å². The van der Waals surface area contributed by atoms with Crippen molar-refractivity contribution >= 4 is 27.6 Å². The number of hydrogen-bond acceptors (Lipinski definition) is 9. The standard InChI is InChI=1S/C13H15F3N6O5S/c1-17-28(24,25)26-6-5-18-11-10(21-27-22-11)12(20-23)19-9-4-2-3-8(7-9)13(14,15)16/h2-4,7,17,23H,5-6H2,1H3,(H,18,22)(H,19,20). The van der Waals surface area contributed by atoms with Gasteiger partial charge in [0.05, 0.1) is 17.9 Å². The zero-order chi connectivity index (χ0) is 20.8. The highest BCUT2D eigenvalue weighted by Crippen LogP contribution is 2.31. The Morgan fingerprint density at radius 2 is 2.11 bits per heavy atom. The van der Waals surface area contributed by atoms with Crippen molar-refractivity contribution in [2.24, 2.45) is 4.99 Å². The van der Waals surface area contributed by atoms with Crippen molar-refractivity contribution in [3.63, 3.8) is 0 Å². The first-order valence-corrected chi connectivity index (χ1v) is 8.88. The van der Waals surface area contributed by atoms with Gasteiger partial charge < -0.3 is 5.32 Å². The molecule has 0 aliphatic carbocycles. The van der Waals surface area contributed by atoms with E-state index in [9.17, 15) is 26.8 Å². The third-order valence-electron chi connectivity index (χ3n) is 3.12. The van der Waals surface area contributed by atoms with E-state index >= 15 is 0 Å². The highest BCUT2D eigenvalue weighted by molar-refractivity contribution is 7.84. The molecule has 0 aliphatic heterocycles. The fourth-order valence-electron chi connectivity index (χ4n) is 1.85. The van der Waals surface area contributed by atoms with Gasteiger partial charge in [0.25, 0.3) is 0 Å². The van der Waals surface area contributed by atoms with E-state index in [1.807, 2.05) is 4.72 Å². The quantitative estimate of drug-likeness (QED) is 0.211. The van der Waals surface area contributed by atoms with Crippen molar-refractivity contribution in [3.05, 3.63) is 35.5 Å². The van der Waals surface area contributed by atoms with Gasteiger partial charge in [0.2, 0.25) is 5.82 Å². The van der Waals surface area contributed by atoms with E-state index in [4.69, 9.17) is 0 Å². The number of nitrogens with one attached hydrogen (secondary N) is 3. The van der Waals surface area contributed by atoms with Gasteiger partial charge in [0.1, 0.15) is 0 Å². The van der Waals surface area contributed by atoms with Crippen molar-refractivity contribution in [2.45, 2.75) is 6.18 Å². The average Bonchev–Trinajstić information content (AvgIpc) is 3.11. The molecule has 28 heavy (non-hydrogen) atoms. The fourth-order valence-corrected chi connectivity index (χ4v) is 2.27. The van der Waals surface area contributed by atoms with Gasteiger partial charge in [-0.1, -0.05) is 6.07 Å². The molecule has 0 unspecified atom stereocenters. The molecule has 0 bridgehead atoms. The summed E-state index contributed by atoms with van der Waals surface area (Å²) in [6, 6.07) is 4.07. The SMILES string of the molecule is CNS(=O)(=O)OCCNc1nonc1C(=Nc1cccc(C(F)(F)F)c1)NO. The lowest BCUT2D eigenvalue weighted by atomic mass is 10.2. The summed E-state index contributed by atoms with van der Waals surface area (Å²) in [7, 11) is -2.69. The Morgan fingerprint density at radius 3 is 2.75 bits per heavy atom. The van der Waals surface area contributed by atoms with Crippen LogP contribution in [0.5, 0.6) is 0 Å². The number of amidine groups is 1. The molecule has 0 spiro atoms. The first-order chi connectivity index (χ1) is 13.2. The predicted molar refractivity (Wildman–Crippen MR) is 89.3 cm³/mol. The Morgan fingerprint density at radius 1 is 1.36 bits per heavy atom. The maximum absolute atomic E-state index is 12.8. The highest BCUT2D eigenvalue weighted by atomic mass is 32.2. The van der Waals surface area contributed by atoms with Crippen molar-refractivity contribution in [1.82, 2.24) is 20.5 Å². The Labute approximate surface area is 156 Å². The number of nitrogens with zero attached hydrogens (tertiary/aromatic N) is 3. The van der Waals surface area contributed by atoms with Gasteiger partial charge in [-0.05, 0) is 28.5 Å². The molecule has 1 aromatic heterocycles. The van der Waals surface area contributed by atoms with Crippen LogP contribution in [0, 0.1) is 0 Å². The Kier molecular flexibility index (Phi) is 6.90. The smallest absolute Gasteiger partial charge is 0.363 e. The van der Waals surface area contributed by atoms with E-state index in [1.165, 1.54) is 13.1 Å². The summed E-state index contributed by atoms with van der Waals surface area (Å²) in [5, 5.41) is 18.9. The lowest BCUT2D eigenvalue weighted by molar-refractivity contribution is -0.137. The molecule has 0 aliphatic rings. The third-order valence-corrected chi connectivity index (χ3v) is 4.09. The number of anilines is 1. The van der Waals surface area contributed by atoms with E-state index in [2.05, 4.69) is 29.4 Å². The number of rotatable bonds is 8. The molecular formula is C13H15F3N6O5S. The van der Waals surface area contributed by atoms with Crippen LogP contribution in [-0.4, -0.2) is 50.0 Å². The monoisotopic (exact) mass is 424 g/mol. The molecule has 0 radical (unpaired) electrons. The second-order valence-corrected chi connectivity index (χ2v) is 6.54. The predicted octanol–water partition coefficient (Wildman–Crippen LogP) is 1.04. The Bertz CT molecular complexity index is 931. The number of hydrogen-bond donors (Lipinski definition) is 4. The summed E-state index contributed by atoms with van der Waals surface area (Å²) in [6.45, 7) is -0.327. The summed E-state index contributed by atoms with van der Waals surface area (Å²) in [5.41, 5.74) is 0.501. The second-order valence-electron chi connectivity index (χ2n) is 4.99. The minimum atomic E-state index is -4.56. The molecule has 154 valence electrons. The molecule has 11 nitrogen and oxygen atoms in total. The van der Waals surface area contributed by atoms with Gasteiger partial charge in [-0.2, -0.15) is 26.3 Å². The van der Waals surface area contributed by atoms with Crippen molar-refractivity contribution in [2.75, 3.05) is 25.5 Å². The number of aromatic nitrogens is 2. The highest BCUT2D eigenvalue weighted by Gasteiger charge is 2.30. The number of hydroxylamine groups is 1. The minimum Gasteiger partial charge on any atom is -0.363 e. The van der Waals surface area contributed by atoms with E-state index in [0.29, 0.717) is 0 Å². The van der Waals surface area contributed by atoms with Gasteiger partial charge in [0, 0.05) is 13.6 Å². The number of alkyl halides is 3. The van der Waals surface area contributed by atoms with Gasteiger partial charge in [0.15, 0.2) is 11.5 Å². The zero-order valence-electron chi connectivity index (χ0n) is 14.2. The Hall–Kier alpha value is -2.75. The summed E-state index contributed by atoms with van der Waals surface area (Å²) in [4.78, 5) is 3.85. The lowest BCUT2D eigenvalue weighted by Gasteiger charge is -2.08. The van der Waals surface area contributed by atoms with Crippen LogP contribution in [0.15, 0.2) is 33.9 Å². The largest absolute Gasteiger partial charge is 0.416 e. The topological polar surface area (TPSA) is 151 Å². The van der Waals surface area contributed by atoms with E-state index in [1.54, 1.807) is 5.48 Å². The van der Waals surface area contributed by atoms with Gasteiger partial charge in [-0.3, -0.25) is 14.9 Å². The first-order valence-electron chi connectivity index (χ1n) is 7.47. The van der Waals surface area contributed by atoms with E-state index in [0.717, 1.165) is 18.2 Å². The van der Waals surface area contributed by atoms with Crippen LogP contribution in [0.3, 0.4) is 0 Å². The molecule has 0 saturated heterocycles. The van der Waals surface area contributed by atoms with Gasteiger partial charge in [-0.25, -0.2) is 9.62 Å². The third kappa shape index (κ3) is 5.88. The molecular weight excluding hydrogens is 409 g/mol. The number of benzene rings is 1. The van der Waals surface area contributed by atoms with Gasteiger partial charge >= 0.3 is 16.5 Å². The number of aliphatic imine (C=N–C) groups is 1. The van der Waals surface area contributed by atoms with E-state index < -0.39 is 22.0 Å². The van der Waals surface area contributed by atoms with Crippen molar-refractivity contribution in [1.29, 1.82) is 0 Å². The zero-order valence-corrected chi connectivity index (χ0v) is 15.0. The van der Waals surface area contributed by atoms with E-state index in [-0.39, 0.29) is 36.2 Å². The summed E-state index contributed by atoms with van der Waals surface area (Å²) in [5.74, 6) is -0.412. The summed E-state index contributed by atoms with van der Waals surface area (Å²) < 4.78 is 71.7. The molecule has 0 saturated carbocycles. The normalized spacial score (nSPS) is 12.8. The number of halogens is 3. The molecule has 0 fully saturated rings. The summed E-state index contributed by atoms with van der Waals surface area (Å²) in [6.07, 6.45) is -4.56. The molecule has 1 aromatic carbocycles. The molecule has 15 heteroatoms. The molecule has 4 N–H and O–H groups in total. The van der Waals surface area contributed by atoms with Crippen LogP contribution in [0.2, 0.25) is 0 Å². The van der Waals surface area contributed by atoms with Crippen molar-refractivity contribution < 1.29 is 35.6 Å². The minimum absolute atomic E-state index is 0.0512. The first kappa shape index (κ1) is 21.5. The van der Waals surface area contributed by atoms with Crippen LogP contribution in [0.1, 0.15) is 11.3 Å². The van der Waals surface area contributed by atoms with Crippen molar-refractivity contribution in [3.8, 4) is 0 Å². The van der Waals surface area contributed by atoms with Crippen LogP contribution < -0.4 is 15.5 Å². The summed E-state index contributed by atoms with van der Waals surface area (Å²) >= 11 is 0. The molecule has 2 aromatic rings. The Balaban J connectivity index is 2.15. The average molecular weight is 424 g/mol. The van der Waals surface area contributed by atoms with Crippen LogP contribution in [0.25, 0.3) is 0 Å². The molecule has 0 amide bonds. The maximum Gasteiger partial charge on any atom is 0.416 e. The molecule has 2 rings (SSSR count). The molecule has 1 heterocycles. The lowest BCUT2D eigenvalue weighted by Crippen LogP contribution is -2.25. The van der Waals surface area contributed by atoms with Gasteiger partial charge in [-0.15, -0.1) is 0 Å². The second kappa shape index (κ2) is 8.96. The van der Waals surface area contributed by atoms with Crippen LogP contribution in [0.4, 0.5) is 24.7 Å². The maximum atomic E-state index is 12.8.